The lowest BCUT2D eigenvalue weighted by atomic mass is 9.95. The number of ketones is 1. The van der Waals surface area contributed by atoms with Gasteiger partial charge in [-0.15, -0.1) is 0 Å². The maximum absolute atomic E-state index is 12.7. The second-order valence-corrected chi connectivity index (χ2v) is 6.69. The number of amides is 2. The zero-order chi connectivity index (χ0) is 21.3. The van der Waals surface area contributed by atoms with E-state index < -0.39 is 40.9 Å². The molecule has 10 heteroatoms. The molecule has 1 aliphatic rings. The topological polar surface area (TPSA) is 144 Å². The van der Waals surface area contributed by atoms with Gasteiger partial charge >= 0.3 is 0 Å². The van der Waals surface area contributed by atoms with Crippen LogP contribution in [-0.2, 0) is 14.4 Å². The number of benzene rings is 2. The predicted molar refractivity (Wildman–Crippen MR) is 103 cm³/mol. The summed E-state index contributed by atoms with van der Waals surface area (Å²) < 4.78 is 0. The highest BCUT2D eigenvalue weighted by Gasteiger charge is 2.46. The number of nitrogens with zero attached hydrogens (tertiary/aromatic N) is 2. The van der Waals surface area contributed by atoms with Crippen LogP contribution >= 0.6 is 11.6 Å². The number of aliphatic hydroxyl groups excluding tert-OH is 1. The summed E-state index contributed by atoms with van der Waals surface area (Å²) in [5.41, 5.74) is 5.00. The van der Waals surface area contributed by atoms with Crippen LogP contribution in [0.15, 0.2) is 54.1 Å². The van der Waals surface area contributed by atoms with Crippen molar-refractivity contribution < 1.29 is 24.4 Å². The molecule has 2 aromatic carbocycles. The smallest absolute Gasteiger partial charge is 0.296 e. The highest BCUT2D eigenvalue weighted by Crippen LogP contribution is 2.40. The number of non-ortho nitro benzene ring substituents is 1. The van der Waals surface area contributed by atoms with Crippen LogP contribution in [0.25, 0.3) is 5.76 Å². The number of likely N-dealkylation sites (tertiary alicyclic amines) is 1. The first-order chi connectivity index (χ1) is 13.7. The minimum absolute atomic E-state index is 0.176. The van der Waals surface area contributed by atoms with Gasteiger partial charge in [-0.1, -0.05) is 23.7 Å². The Bertz CT molecular complexity index is 1060. The van der Waals surface area contributed by atoms with Gasteiger partial charge in [0.15, 0.2) is 0 Å². The fraction of sp³-hybridized carbons (Fsp3) is 0.105. The molecule has 1 atom stereocenters. The number of carbonyl (C=O) groups excluding carboxylic acids is 3. The molecule has 1 saturated heterocycles. The van der Waals surface area contributed by atoms with E-state index in [0.29, 0.717) is 5.02 Å². The van der Waals surface area contributed by atoms with Gasteiger partial charge in [0.25, 0.3) is 17.4 Å². The van der Waals surface area contributed by atoms with Gasteiger partial charge in [-0.25, -0.2) is 0 Å². The fourth-order valence-electron chi connectivity index (χ4n) is 3.13. The van der Waals surface area contributed by atoms with Crippen LogP contribution in [0.4, 0.5) is 5.69 Å². The number of nitrogens with two attached hydrogens (primary N) is 1. The first kappa shape index (κ1) is 20.0. The Hall–Kier alpha value is -3.72. The number of halogens is 1. The van der Waals surface area contributed by atoms with Crippen molar-refractivity contribution >= 4 is 40.6 Å². The summed E-state index contributed by atoms with van der Waals surface area (Å²) in [6.07, 6.45) is 0. The van der Waals surface area contributed by atoms with E-state index in [1.165, 1.54) is 48.5 Å². The van der Waals surface area contributed by atoms with Crippen LogP contribution in [0, 0.1) is 10.1 Å². The number of aliphatic hydroxyl groups is 1. The van der Waals surface area contributed by atoms with Crippen molar-refractivity contribution in [2.75, 3.05) is 6.54 Å². The molecule has 0 aliphatic carbocycles. The van der Waals surface area contributed by atoms with Gasteiger partial charge in [0.05, 0.1) is 16.5 Å². The molecule has 0 aromatic heterocycles. The molecule has 1 aliphatic heterocycles. The molecular weight excluding hydrogens is 402 g/mol. The molecule has 0 spiro atoms. The fourth-order valence-corrected chi connectivity index (χ4v) is 3.26. The number of Topliss-reactive ketones (excluding diaryl/α,β-unsaturated/α-hetero) is 1. The lowest BCUT2D eigenvalue weighted by Gasteiger charge is -2.23. The Morgan fingerprint density at radius 3 is 2.45 bits per heavy atom. The standard InChI is InChI=1S/C19H14ClN3O6/c20-12-6-4-10(5-7-12)17(25)15-16(11-2-1-3-13(8-11)23(28)29)22(9-14(21)24)19(27)18(15)26/h1-8,16,25H,9H2,(H2,21,24)/b17-15+. The molecule has 9 nitrogen and oxygen atoms in total. The molecule has 29 heavy (non-hydrogen) atoms. The lowest BCUT2D eigenvalue weighted by Crippen LogP contribution is -2.37. The number of hydrogen-bond donors (Lipinski definition) is 2. The highest BCUT2D eigenvalue weighted by molar-refractivity contribution is 6.47. The molecule has 2 aromatic rings. The molecule has 2 amide bonds. The van der Waals surface area contributed by atoms with Gasteiger partial charge in [-0.05, 0) is 29.8 Å². The van der Waals surface area contributed by atoms with Crippen LogP contribution in [-0.4, -0.2) is 39.1 Å². The van der Waals surface area contributed by atoms with Crippen LogP contribution in [0.3, 0.4) is 0 Å². The van der Waals surface area contributed by atoms with Crippen molar-refractivity contribution in [1.29, 1.82) is 0 Å². The van der Waals surface area contributed by atoms with Crippen molar-refractivity contribution in [3.05, 3.63) is 80.4 Å². The maximum Gasteiger partial charge on any atom is 0.296 e. The molecule has 1 heterocycles. The van der Waals surface area contributed by atoms with Crippen molar-refractivity contribution in [2.45, 2.75) is 6.04 Å². The Labute approximate surface area is 169 Å². The largest absolute Gasteiger partial charge is 0.507 e. The lowest BCUT2D eigenvalue weighted by molar-refractivity contribution is -0.384. The van der Waals surface area contributed by atoms with Gasteiger partial charge in [0, 0.05) is 22.7 Å². The van der Waals surface area contributed by atoms with Crippen LogP contribution < -0.4 is 5.73 Å². The van der Waals surface area contributed by atoms with E-state index >= 15 is 0 Å². The van der Waals surface area contributed by atoms with Crippen LogP contribution in [0.2, 0.25) is 5.02 Å². The number of primary amides is 1. The Kier molecular flexibility index (Phi) is 5.33. The average Bonchev–Trinajstić information content (AvgIpc) is 2.92. The van der Waals surface area contributed by atoms with Crippen molar-refractivity contribution in [1.82, 2.24) is 4.90 Å². The third kappa shape index (κ3) is 3.81. The molecule has 0 saturated carbocycles. The Morgan fingerprint density at radius 1 is 1.21 bits per heavy atom. The van der Waals surface area contributed by atoms with Gasteiger partial charge in [-0.2, -0.15) is 0 Å². The van der Waals surface area contributed by atoms with E-state index in [1.54, 1.807) is 0 Å². The Balaban J connectivity index is 2.22. The first-order valence-electron chi connectivity index (χ1n) is 8.27. The molecule has 0 bridgehead atoms. The van der Waals surface area contributed by atoms with Crippen LogP contribution in [0.5, 0.6) is 0 Å². The average molecular weight is 416 g/mol. The molecule has 1 unspecified atom stereocenters. The van der Waals surface area contributed by atoms with E-state index in [4.69, 9.17) is 17.3 Å². The summed E-state index contributed by atoms with van der Waals surface area (Å²) in [7, 11) is 0. The predicted octanol–water partition coefficient (Wildman–Crippen LogP) is 2.16. The third-order valence-corrected chi connectivity index (χ3v) is 4.63. The summed E-state index contributed by atoms with van der Waals surface area (Å²) in [5.74, 6) is -3.46. The highest BCUT2D eigenvalue weighted by atomic mass is 35.5. The number of carbonyl (C=O) groups is 3. The number of hydrogen-bond acceptors (Lipinski definition) is 6. The summed E-state index contributed by atoms with van der Waals surface area (Å²) in [5, 5.41) is 22.3. The zero-order valence-corrected chi connectivity index (χ0v) is 15.5. The molecule has 3 N–H and O–H groups in total. The molecule has 3 rings (SSSR count). The van der Waals surface area contributed by atoms with Crippen molar-refractivity contribution in [3.8, 4) is 0 Å². The minimum atomic E-state index is -1.22. The third-order valence-electron chi connectivity index (χ3n) is 4.38. The normalized spacial score (nSPS) is 18.1. The van der Waals surface area contributed by atoms with E-state index in [-0.39, 0.29) is 22.4 Å². The molecule has 148 valence electrons. The van der Waals surface area contributed by atoms with Crippen molar-refractivity contribution in [2.24, 2.45) is 5.73 Å². The van der Waals surface area contributed by atoms with E-state index in [1.807, 2.05) is 0 Å². The number of rotatable bonds is 5. The van der Waals surface area contributed by atoms with Gasteiger partial charge in [0.2, 0.25) is 5.91 Å². The summed E-state index contributed by atoms with van der Waals surface area (Å²) in [4.78, 5) is 48.0. The van der Waals surface area contributed by atoms with E-state index in [0.717, 1.165) is 4.90 Å². The van der Waals surface area contributed by atoms with E-state index in [9.17, 15) is 29.6 Å². The minimum Gasteiger partial charge on any atom is -0.507 e. The number of nitro groups is 1. The number of nitro benzene ring substituents is 1. The molecular formula is C19H14ClN3O6. The summed E-state index contributed by atoms with van der Waals surface area (Å²) >= 11 is 5.84. The summed E-state index contributed by atoms with van der Waals surface area (Å²) in [6, 6.07) is 9.87. The second-order valence-electron chi connectivity index (χ2n) is 6.25. The van der Waals surface area contributed by atoms with Crippen molar-refractivity contribution in [3.63, 3.8) is 0 Å². The Morgan fingerprint density at radius 2 is 1.86 bits per heavy atom. The first-order valence-corrected chi connectivity index (χ1v) is 8.65. The summed E-state index contributed by atoms with van der Waals surface area (Å²) in [6.45, 7) is -0.602. The SMILES string of the molecule is NC(=O)CN1C(=O)C(=O)/C(=C(/O)c2ccc(Cl)cc2)C1c1cccc([N+](=O)[O-])c1. The maximum atomic E-state index is 12.7. The molecule has 1 fully saturated rings. The van der Waals surface area contributed by atoms with Gasteiger partial charge in [-0.3, -0.25) is 24.5 Å². The zero-order valence-electron chi connectivity index (χ0n) is 14.7. The van der Waals surface area contributed by atoms with Gasteiger partial charge < -0.3 is 15.7 Å². The molecule has 0 radical (unpaired) electrons. The van der Waals surface area contributed by atoms with Gasteiger partial charge in [0.1, 0.15) is 12.3 Å². The quantitative estimate of drug-likeness (QED) is 0.252. The van der Waals surface area contributed by atoms with Crippen LogP contribution in [0.1, 0.15) is 17.2 Å². The second kappa shape index (κ2) is 7.72. The monoisotopic (exact) mass is 415 g/mol. The van der Waals surface area contributed by atoms with E-state index in [2.05, 4.69) is 0 Å².